The van der Waals surface area contributed by atoms with Crippen LogP contribution in [-0.2, 0) is 4.79 Å². The summed E-state index contributed by atoms with van der Waals surface area (Å²) in [6.07, 6.45) is 6.83. The zero-order chi connectivity index (χ0) is 25.9. The SMILES string of the molecule is N#Cc1ccc(NC(=O)c2cc3cccc(NC(=O)C45CC6CC(CC(C6)C4)C5)c3[nH]2)c(-c2nnn[nH]2)c1. The van der Waals surface area contributed by atoms with Crippen molar-refractivity contribution in [3.63, 3.8) is 0 Å². The second kappa shape index (κ2) is 8.52. The quantitative estimate of drug-likeness (QED) is 0.310. The second-order valence-electron chi connectivity index (χ2n) is 11.2. The van der Waals surface area contributed by atoms with Crippen LogP contribution in [-0.4, -0.2) is 37.4 Å². The monoisotopic (exact) mass is 506 g/mol. The second-order valence-corrected chi connectivity index (χ2v) is 11.2. The average Bonchev–Trinajstić information content (AvgIpc) is 3.59. The van der Waals surface area contributed by atoms with Crippen LogP contribution in [0.15, 0.2) is 42.5 Å². The Kier molecular flexibility index (Phi) is 5.08. The smallest absolute Gasteiger partial charge is 0.272 e. The fraction of sp³-hybridized carbons (Fsp3) is 0.357. The molecule has 38 heavy (non-hydrogen) atoms. The number of fused-ring (bicyclic) bond motifs is 1. The van der Waals surface area contributed by atoms with E-state index < -0.39 is 0 Å². The Morgan fingerprint density at radius 2 is 1.74 bits per heavy atom. The van der Waals surface area contributed by atoms with Crippen molar-refractivity contribution >= 4 is 34.1 Å². The molecular weight excluding hydrogens is 480 g/mol. The summed E-state index contributed by atoms with van der Waals surface area (Å²) in [4.78, 5) is 30.1. The first-order valence-corrected chi connectivity index (χ1v) is 13.0. The van der Waals surface area contributed by atoms with E-state index in [1.54, 1.807) is 24.3 Å². The topological polar surface area (TPSA) is 152 Å². The highest BCUT2D eigenvalue weighted by Gasteiger charge is 2.54. The normalized spacial score (nSPS) is 25.3. The molecule has 4 aliphatic rings. The van der Waals surface area contributed by atoms with Gasteiger partial charge in [0.05, 0.1) is 33.9 Å². The van der Waals surface area contributed by atoms with Crippen LogP contribution in [0.1, 0.15) is 54.6 Å². The van der Waals surface area contributed by atoms with Gasteiger partial charge in [0, 0.05) is 10.9 Å². The molecule has 2 aromatic heterocycles. The van der Waals surface area contributed by atoms with Gasteiger partial charge in [-0.1, -0.05) is 12.1 Å². The maximum Gasteiger partial charge on any atom is 0.272 e. The standard InChI is InChI=1S/C28H26N8O2/c29-14-15-4-5-21(20(9-15)25-33-35-36-34-25)31-26(37)23-10-19-2-1-3-22(24(19)30-23)32-27(38)28-11-16-6-17(12-28)8-18(7-16)13-28/h1-5,9-10,16-18,30H,6-8,11-13H2,(H,31,37)(H,32,38)(H,33,34,35,36). The van der Waals surface area contributed by atoms with Crippen LogP contribution in [0.5, 0.6) is 0 Å². The zero-order valence-electron chi connectivity index (χ0n) is 20.6. The molecule has 2 heterocycles. The molecule has 2 aromatic carbocycles. The summed E-state index contributed by atoms with van der Waals surface area (Å²) >= 11 is 0. The number of tetrazole rings is 1. The van der Waals surface area contributed by atoms with E-state index in [4.69, 9.17) is 0 Å². The Morgan fingerprint density at radius 3 is 2.42 bits per heavy atom. The Morgan fingerprint density at radius 1 is 0.974 bits per heavy atom. The number of para-hydroxylation sites is 1. The molecule has 190 valence electrons. The maximum absolute atomic E-state index is 13.6. The summed E-state index contributed by atoms with van der Waals surface area (Å²) in [5.41, 5.74) is 2.88. The molecule has 4 aliphatic carbocycles. The first-order valence-electron chi connectivity index (χ1n) is 13.0. The van der Waals surface area contributed by atoms with Gasteiger partial charge in [-0.15, -0.1) is 5.10 Å². The minimum absolute atomic E-state index is 0.118. The number of benzene rings is 2. The molecule has 0 radical (unpaired) electrons. The van der Waals surface area contributed by atoms with Crippen molar-refractivity contribution < 1.29 is 9.59 Å². The highest BCUT2D eigenvalue weighted by Crippen LogP contribution is 2.60. The van der Waals surface area contributed by atoms with E-state index in [-0.39, 0.29) is 17.2 Å². The molecule has 10 heteroatoms. The number of nitrogens with one attached hydrogen (secondary N) is 4. The third kappa shape index (κ3) is 3.74. The fourth-order valence-corrected chi connectivity index (χ4v) is 7.41. The van der Waals surface area contributed by atoms with E-state index in [2.05, 4.69) is 42.3 Å². The van der Waals surface area contributed by atoms with E-state index in [9.17, 15) is 14.9 Å². The molecule has 0 unspecified atom stereocenters. The van der Waals surface area contributed by atoms with Crippen molar-refractivity contribution in [2.24, 2.45) is 23.2 Å². The van der Waals surface area contributed by atoms with Gasteiger partial charge >= 0.3 is 0 Å². The number of aromatic nitrogens is 5. The lowest BCUT2D eigenvalue weighted by molar-refractivity contribution is -0.140. The highest BCUT2D eigenvalue weighted by molar-refractivity contribution is 6.10. The van der Waals surface area contributed by atoms with Gasteiger partial charge in [-0.2, -0.15) is 5.26 Å². The fourth-order valence-electron chi connectivity index (χ4n) is 7.41. The van der Waals surface area contributed by atoms with Crippen molar-refractivity contribution in [1.29, 1.82) is 5.26 Å². The third-order valence-corrected chi connectivity index (χ3v) is 8.67. The number of amides is 2. The van der Waals surface area contributed by atoms with Crippen LogP contribution in [0.4, 0.5) is 11.4 Å². The number of hydrogen-bond donors (Lipinski definition) is 4. The van der Waals surface area contributed by atoms with Crippen molar-refractivity contribution in [2.75, 3.05) is 10.6 Å². The van der Waals surface area contributed by atoms with Gasteiger partial charge in [0.2, 0.25) is 5.91 Å². The number of carbonyl (C=O) groups excluding carboxylic acids is 2. The van der Waals surface area contributed by atoms with Crippen molar-refractivity contribution in [1.82, 2.24) is 25.6 Å². The van der Waals surface area contributed by atoms with Crippen LogP contribution in [0, 0.1) is 34.5 Å². The van der Waals surface area contributed by atoms with Crippen LogP contribution in [0.2, 0.25) is 0 Å². The van der Waals surface area contributed by atoms with E-state index in [0.29, 0.717) is 51.8 Å². The van der Waals surface area contributed by atoms with Gasteiger partial charge in [-0.3, -0.25) is 9.59 Å². The van der Waals surface area contributed by atoms with Crippen LogP contribution in [0.3, 0.4) is 0 Å². The Hall–Kier alpha value is -4.52. The van der Waals surface area contributed by atoms with Gasteiger partial charge in [-0.05, 0) is 97.0 Å². The minimum atomic E-state index is -0.363. The van der Waals surface area contributed by atoms with E-state index in [1.165, 1.54) is 19.3 Å². The lowest BCUT2D eigenvalue weighted by Gasteiger charge is -2.55. The summed E-state index contributed by atoms with van der Waals surface area (Å²) in [5.74, 6) is 2.14. The predicted molar refractivity (Wildman–Crippen MR) is 140 cm³/mol. The number of carbonyl (C=O) groups is 2. The van der Waals surface area contributed by atoms with E-state index in [0.717, 1.165) is 30.2 Å². The lowest BCUT2D eigenvalue weighted by atomic mass is 9.49. The number of anilines is 2. The van der Waals surface area contributed by atoms with Crippen LogP contribution >= 0.6 is 0 Å². The highest BCUT2D eigenvalue weighted by atomic mass is 16.2. The minimum Gasteiger partial charge on any atom is -0.349 e. The number of H-pyrrole nitrogens is 2. The predicted octanol–water partition coefficient (Wildman–Crippen LogP) is 4.63. The first-order chi connectivity index (χ1) is 18.5. The molecule has 0 atom stereocenters. The van der Waals surface area contributed by atoms with Crippen LogP contribution < -0.4 is 10.6 Å². The Labute approximate surface area is 218 Å². The molecular formula is C28H26N8O2. The average molecular weight is 507 g/mol. The summed E-state index contributed by atoms with van der Waals surface area (Å²) < 4.78 is 0. The lowest BCUT2D eigenvalue weighted by Crippen LogP contribution is -2.51. The number of aromatic amines is 2. The molecule has 4 N–H and O–H groups in total. The molecule has 0 aliphatic heterocycles. The summed E-state index contributed by atoms with van der Waals surface area (Å²) in [6, 6.07) is 14.4. The van der Waals surface area contributed by atoms with Gasteiger partial charge in [0.1, 0.15) is 5.69 Å². The molecule has 0 saturated heterocycles. The number of nitriles is 1. The zero-order valence-corrected chi connectivity index (χ0v) is 20.6. The molecule has 10 nitrogen and oxygen atoms in total. The number of rotatable bonds is 5. The molecule has 2 amide bonds. The largest absolute Gasteiger partial charge is 0.349 e. The maximum atomic E-state index is 13.6. The summed E-state index contributed by atoms with van der Waals surface area (Å²) in [6.45, 7) is 0. The molecule has 4 saturated carbocycles. The van der Waals surface area contributed by atoms with Crippen LogP contribution in [0.25, 0.3) is 22.3 Å². The van der Waals surface area contributed by atoms with Gasteiger partial charge in [-0.25, -0.2) is 5.10 Å². The number of nitrogens with zero attached hydrogens (tertiary/aromatic N) is 4. The van der Waals surface area contributed by atoms with Crippen molar-refractivity contribution in [3.8, 4) is 17.5 Å². The van der Waals surface area contributed by atoms with Gasteiger partial charge in [0.25, 0.3) is 5.91 Å². The van der Waals surface area contributed by atoms with Crippen molar-refractivity contribution in [2.45, 2.75) is 38.5 Å². The Bertz CT molecular complexity index is 1580. The molecule has 0 spiro atoms. The third-order valence-electron chi connectivity index (χ3n) is 8.67. The number of hydrogen-bond acceptors (Lipinski definition) is 6. The summed E-state index contributed by atoms with van der Waals surface area (Å²) in [5, 5.41) is 30.0. The molecule has 4 aromatic rings. The Balaban J connectivity index is 1.15. The first kappa shape index (κ1) is 22.7. The van der Waals surface area contributed by atoms with E-state index in [1.807, 2.05) is 18.2 Å². The molecule has 4 bridgehead atoms. The van der Waals surface area contributed by atoms with E-state index >= 15 is 0 Å². The van der Waals surface area contributed by atoms with Gasteiger partial charge in [0.15, 0.2) is 5.82 Å². The van der Waals surface area contributed by atoms with Gasteiger partial charge < -0.3 is 15.6 Å². The molecule has 4 fully saturated rings. The summed E-state index contributed by atoms with van der Waals surface area (Å²) in [7, 11) is 0. The van der Waals surface area contributed by atoms with Crippen molar-refractivity contribution in [3.05, 3.63) is 53.7 Å². The molecule has 8 rings (SSSR count).